The summed E-state index contributed by atoms with van der Waals surface area (Å²) in [5.41, 5.74) is 0. The maximum atomic E-state index is 5.76. The van der Waals surface area contributed by atoms with E-state index in [2.05, 4.69) is 12.2 Å². The molecule has 1 N–H and O–H groups in total. The minimum atomic E-state index is 0.458. The molecule has 2 atom stereocenters. The molecule has 15 heavy (non-hydrogen) atoms. The fourth-order valence-electron chi connectivity index (χ4n) is 2.43. The Kier molecular flexibility index (Phi) is 4.42. The van der Waals surface area contributed by atoms with Crippen LogP contribution in [0, 0.1) is 5.92 Å². The van der Waals surface area contributed by atoms with Gasteiger partial charge in [0, 0.05) is 19.8 Å². The number of hydrogen-bond acceptors (Lipinski definition) is 3. The molecule has 0 saturated carbocycles. The number of ether oxygens (including phenoxy) is 2. The van der Waals surface area contributed by atoms with Crippen molar-refractivity contribution in [3.8, 4) is 0 Å². The van der Waals surface area contributed by atoms with E-state index in [1.54, 1.807) is 0 Å². The first-order chi connectivity index (χ1) is 7.34. The van der Waals surface area contributed by atoms with Gasteiger partial charge < -0.3 is 14.8 Å². The molecule has 0 amide bonds. The molecule has 88 valence electrons. The molecule has 2 fully saturated rings. The highest BCUT2D eigenvalue weighted by molar-refractivity contribution is 4.74. The molecular formula is C12H23NO2. The van der Waals surface area contributed by atoms with Crippen molar-refractivity contribution in [3.05, 3.63) is 0 Å². The molecule has 0 aromatic carbocycles. The lowest BCUT2D eigenvalue weighted by Crippen LogP contribution is -2.33. The van der Waals surface area contributed by atoms with E-state index >= 15 is 0 Å². The van der Waals surface area contributed by atoms with Crippen molar-refractivity contribution in [1.82, 2.24) is 5.32 Å². The summed E-state index contributed by atoms with van der Waals surface area (Å²) in [5, 5.41) is 3.54. The van der Waals surface area contributed by atoms with Crippen LogP contribution in [0.4, 0.5) is 0 Å². The first-order valence-electron chi connectivity index (χ1n) is 6.28. The van der Waals surface area contributed by atoms with E-state index in [4.69, 9.17) is 9.47 Å². The van der Waals surface area contributed by atoms with Gasteiger partial charge in [-0.2, -0.15) is 0 Å². The smallest absolute Gasteiger partial charge is 0.0704 e. The largest absolute Gasteiger partial charge is 0.381 e. The Morgan fingerprint density at radius 2 is 1.87 bits per heavy atom. The Labute approximate surface area is 92.5 Å². The molecule has 2 aliphatic heterocycles. The lowest BCUT2D eigenvalue weighted by Gasteiger charge is -2.23. The molecule has 0 radical (unpaired) electrons. The van der Waals surface area contributed by atoms with Crippen molar-refractivity contribution < 1.29 is 9.47 Å². The van der Waals surface area contributed by atoms with Crippen molar-refractivity contribution in [2.45, 2.75) is 44.8 Å². The predicted octanol–water partition coefficient (Wildman–Crippen LogP) is 1.57. The lowest BCUT2D eigenvalue weighted by atomic mass is 10.0. The summed E-state index contributed by atoms with van der Waals surface area (Å²) in [4.78, 5) is 0. The number of rotatable bonds is 4. The van der Waals surface area contributed by atoms with Crippen LogP contribution in [0.2, 0.25) is 0 Å². The minimum absolute atomic E-state index is 0.458. The quantitative estimate of drug-likeness (QED) is 0.769. The van der Waals surface area contributed by atoms with Gasteiger partial charge in [0.2, 0.25) is 0 Å². The third kappa shape index (κ3) is 3.74. The summed E-state index contributed by atoms with van der Waals surface area (Å²) in [5.74, 6) is 0.817. The monoisotopic (exact) mass is 213 g/mol. The van der Waals surface area contributed by atoms with Gasteiger partial charge in [-0.15, -0.1) is 0 Å². The summed E-state index contributed by atoms with van der Waals surface area (Å²) in [6.07, 6.45) is 5.81. The van der Waals surface area contributed by atoms with Crippen LogP contribution in [0.25, 0.3) is 0 Å². The SMILES string of the molecule is CC1CCC(CNCC2CCOCC2)O1. The zero-order valence-electron chi connectivity index (χ0n) is 9.71. The van der Waals surface area contributed by atoms with Gasteiger partial charge >= 0.3 is 0 Å². The second-order valence-electron chi connectivity index (χ2n) is 4.86. The highest BCUT2D eigenvalue weighted by Crippen LogP contribution is 2.18. The zero-order valence-corrected chi connectivity index (χ0v) is 9.71. The minimum Gasteiger partial charge on any atom is -0.381 e. The van der Waals surface area contributed by atoms with Crippen LogP contribution in [0.5, 0.6) is 0 Å². The van der Waals surface area contributed by atoms with E-state index in [0.29, 0.717) is 12.2 Å². The van der Waals surface area contributed by atoms with Gasteiger partial charge in [0.25, 0.3) is 0 Å². The molecule has 2 saturated heterocycles. The molecule has 0 spiro atoms. The molecule has 3 heteroatoms. The van der Waals surface area contributed by atoms with Crippen LogP contribution in [-0.4, -0.2) is 38.5 Å². The molecule has 2 aliphatic rings. The lowest BCUT2D eigenvalue weighted by molar-refractivity contribution is 0.0493. The van der Waals surface area contributed by atoms with Crippen LogP contribution in [-0.2, 0) is 9.47 Å². The topological polar surface area (TPSA) is 30.5 Å². The fourth-order valence-corrected chi connectivity index (χ4v) is 2.43. The van der Waals surface area contributed by atoms with Crippen molar-refractivity contribution in [1.29, 1.82) is 0 Å². The third-order valence-corrected chi connectivity index (χ3v) is 3.47. The van der Waals surface area contributed by atoms with Gasteiger partial charge in [0.05, 0.1) is 12.2 Å². The molecule has 3 nitrogen and oxygen atoms in total. The van der Waals surface area contributed by atoms with Gasteiger partial charge in [-0.25, -0.2) is 0 Å². The van der Waals surface area contributed by atoms with E-state index in [-0.39, 0.29) is 0 Å². The van der Waals surface area contributed by atoms with E-state index in [9.17, 15) is 0 Å². The number of nitrogens with one attached hydrogen (secondary N) is 1. The summed E-state index contributed by atoms with van der Waals surface area (Å²) >= 11 is 0. The average Bonchev–Trinajstić information content (AvgIpc) is 2.66. The van der Waals surface area contributed by atoms with E-state index in [0.717, 1.165) is 32.2 Å². The Morgan fingerprint density at radius 3 is 2.53 bits per heavy atom. The maximum Gasteiger partial charge on any atom is 0.0704 e. The van der Waals surface area contributed by atoms with Gasteiger partial charge in [-0.05, 0) is 45.1 Å². The molecule has 2 rings (SSSR count). The number of hydrogen-bond donors (Lipinski definition) is 1. The van der Waals surface area contributed by atoms with Crippen molar-refractivity contribution >= 4 is 0 Å². The average molecular weight is 213 g/mol. The zero-order chi connectivity index (χ0) is 10.5. The van der Waals surface area contributed by atoms with Crippen molar-refractivity contribution in [2.24, 2.45) is 5.92 Å². The molecular weight excluding hydrogens is 190 g/mol. The summed E-state index contributed by atoms with van der Waals surface area (Å²) in [7, 11) is 0. The molecule has 0 aromatic rings. The van der Waals surface area contributed by atoms with Gasteiger partial charge in [-0.3, -0.25) is 0 Å². The van der Waals surface area contributed by atoms with Crippen LogP contribution in [0.3, 0.4) is 0 Å². The summed E-state index contributed by atoms with van der Waals surface area (Å²) < 4.78 is 11.1. The van der Waals surface area contributed by atoms with Gasteiger partial charge in [0.1, 0.15) is 0 Å². The molecule has 2 heterocycles. The Morgan fingerprint density at radius 1 is 1.07 bits per heavy atom. The van der Waals surface area contributed by atoms with E-state index in [1.807, 2.05) is 0 Å². The third-order valence-electron chi connectivity index (χ3n) is 3.47. The van der Waals surface area contributed by atoms with Crippen LogP contribution in [0.15, 0.2) is 0 Å². The van der Waals surface area contributed by atoms with E-state index < -0.39 is 0 Å². The molecule has 0 aliphatic carbocycles. The van der Waals surface area contributed by atoms with Crippen molar-refractivity contribution in [3.63, 3.8) is 0 Å². The Hall–Kier alpha value is -0.120. The van der Waals surface area contributed by atoms with Crippen LogP contribution < -0.4 is 5.32 Å². The molecule has 0 aromatic heterocycles. The summed E-state index contributed by atoms with van der Waals surface area (Å²) in [6, 6.07) is 0. The standard InChI is InChI=1S/C12H23NO2/c1-10-2-3-12(15-10)9-13-8-11-4-6-14-7-5-11/h10-13H,2-9H2,1H3. The molecule has 2 unspecified atom stereocenters. The first-order valence-corrected chi connectivity index (χ1v) is 6.28. The first kappa shape index (κ1) is 11.4. The normalized spacial score (nSPS) is 33.4. The van der Waals surface area contributed by atoms with E-state index in [1.165, 1.54) is 25.7 Å². The van der Waals surface area contributed by atoms with Crippen molar-refractivity contribution in [2.75, 3.05) is 26.3 Å². The van der Waals surface area contributed by atoms with Gasteiger partial charge in [0.15, 0.2) is 0 Å². The maximum absolute atomic E-state index is 5.76. The Balaban J connectivity index is 1.54. The van der Waals surface area contributed by atoms with Crippen LogP contribution in [0.1, 0.15) is 32.6 Å². The van der Waals surface area contributed by atoms with Crippen LogP contribution >= 0.6 is 0 Å². The highest BCUT2D eigenvalue weighted by Gasteiger charge is 2.21. The predicted molar refractivity (Wildman–Crippen MR) is 60.0 cm³/mol. The highest BCUT2D eigenvalue weighted by atomic mass is 16.5. The Bertz CT molecular complexity index is 176. The van der Waals surface area contributed by atoms with Gasteiger partial charge in [-0.1, -0.05) is 0 Å². The second-order valence-corrected chi connectivity index (χ2v) is 4.86. The molecule has 0 bridgehead atoms. The fraction of sp³-hybridized carbons (Fsp3) is 1.00. The summed E-state index contributed by atoms with van der Waals surface area (Å²) in [6.45, 7) is 6.23. The second kappa shape index (κ2) is 5.83.